The number of aromatic nitrogens is 4. The van der Waals surface area contributed by atoms with Crippen LogP contribution >= 0.6 is 0 Å². The quantitative estimate of drug-likeness (QED) is 0.718. The molecule has 1 heterocycles. The molecular weight excluding hydrogens is 180 g/mol. The highest BCUT2D eigenvalue weighted by Gasteiger charge is 1.98. The fourth-order valence-corrected chi connectivity index (χ4v) is 1.24. The Balaban J connectivity index is 2.31. The van der Waals surface area contributed by atoms with Crippen LogP contribution in [0.1, 0.15) is 5.56 Å². The maximum atomic E-state index is 5.04. The van der Waals surface area contributed by atoms with Gasteiger partial charge >= 0.3 is 0 Å². The monoisotopic (exact) mass is 190 g/mol. The van der Waals surface area contributed by atoms with Crippen molar-refractivity contribution in [1.29, 1.82) is 0 Å². The van der Waals surface area contributed by atoms with Crippen molar-refractivity contribution >= 4 is 0 Å². The van der Waals surface area contributed by atoms with Gasteiger partial charge in [0.25, 0.3) is 0 Å². The topological polar surface area (TPSA) is 52.8 Å². The second kappa shape index (κ2) is 3.97. The Morgan fingerprint density at radius 1 is 1.43 bits per heavy atom. The molecule has 14 heavy (non-hydrogen) atoms. The van der Waals surface area contributed by atoms with Crippen molar-refractivity contribution in [3.8, 4) is 5.69 Å². The first-order chi connectivity index (χ1) is 6.90. The van der Waals surface area contributed by atoms with Gasteiger partial charge in [-0.3, -0.25) is 0 Å². The fourth-order valence-electron chi connectivity index (χ4n) is 1.24. The number of rotatable bonds is 3. The van der Waals surface area contributed by atoms with Crippen LogP contribution in [0.3, 0.4) is 0 Å². The molecule has 5 nitrogen and oxygen atoms in total. The van der Waals surface area contributed by atoms with Crippen LogP contribution in [-0.2, 0) is 11.3 Å². The van der Waals surface area contributed by atoms with Crippen LogP contribution < -0.4 is 0 Å². The van der Waals surface area contributed by atoms with Crippen LogP contribution in [-0.4, -0.2) is 27.3 Å². The summed E-state index contributed by atoms with van der Waals surface area (Å²) in [4.78, 5) is 0. The highest BCUT2D eigenvalue weighted by molar-refractivity contribution is 5.34. The van der Waals surface area contributed by atoms with E-state index in [0.29, 0.717) is 6.61 Å². The van der Waals surface area contributed by atoms with E-state index in [1.807, 2.05) is 24.3 Å². The summed E-state index contributed by atoms with van der Waals surface area (Å²) in [5, 5.41) is 11.0. The molecule has 0 aliphatic carbocycles. The largest absolute Gasteiger partial charge is 0.380 e. The zero-order valence-corrected chi connectivity index (χ0v) is 7.79. The first-order valence-electron chi connectivity index (χ1n) is 4.21. The zero-order valence-electron chi connectivity index (χ0n) is 7.79. The Labute approximate surface area is 81.3 Å². The molecule has 0 aliphatic heterocycles. The molecule has 0 atom stereocenters. The van der Waals surface area contributed by atoms with Crippen molar-refractivity contribution in [2.45, 2.75) is 6.61 Å². The molecule has 0 bridgehead atoms. The van der Waals surface area contributed by atoms with Crippen molar-refractivity contribution in [1.82, 2.24) is 20.2 Å². The van der Waals surface area contributed by atoms with Gasteiger partial charge in [-0.15, -0.1) is 5.10 Å². The summed E-state index contributed by atoms with van der Waals surface area (Å²) in [6.45, 7) is 0.593. The lowest BCUT2D eigenvalue weighted by atomic mass is 10.2. The standard InChI is InChI=1S/C9H10N4O/c1-14-6-8-3-2-4-9(5-8)13-7-10-11-12-13/h2-5,7H,6H2,1H3. The van der Waals surface area contributed by atoms with Crippen LogP contribution in [0.2, 0.25) is 0 Å². The van der Waals surface area contributed by atoms with Gasteiger partial charge in [0.1, 0.15) is 6.33 Å². The van der Waals surface area contributed by atoms with Crippen LogP contribution in [0.15, 0.2) is 30.6 Å². The van der Waals surface area contributed by atoms with E-state index in [-0.39, 0.29) is 0 Å². The van der Waals surface area contributed by atoms with E-state index in [1.165, 1.54) is 0 Å². The molecule has 2 aromatic rings. The van der Waals surface area contributed by atoms with Crippen LogP contribution in [0.4, 0.5) is 0 Å². The predicted molar refractivity (Wildman–Crippen MR) is 49.9 cm³/mol. The summed E-state index contributed by atoms with van der Waals surface area (Å²) in [5.74, 6) is 0. The minimum Gasteiger partial charge on any atom is -0.380 e. The van der Waals surface area contributed by atoms with Gasteiger partial charge in [0.2, 0.25) is 0 Å². The molecule has 2 rings (SSSR count). The van der Waals surface area contributed by atoms with E-state index in [1.54, 1.807) is 18.1 Å². The molecule has 0 amide bonds. The molecule has 5 heteroatoms. The van der Waals surface area contributed by atoms with Crippen LogP contribution in [0.25, 0.3) is 5.69 Å². The van der Waals surface area contributed by atoms with Gasteiger partial charge in [-0.1, -0.05) is 12.1 Å². The summed E-state index contributed by atoms with van der Waals surface area (Å²) in [5.41, 5.74) is 2.03. The molecule has 0 fully saturated rings. The summed E-state index contributed by atoms with van der Waals surface area (Å²) in [6, 6.07) is 7.87. The predicted octanol–water partition coefficient (Wildman–Crippen LogP) is 0.809. The number of hydrogen-bond acceptors (Lipinski definition) is 4. The summed E-state index contributed by atoms with van der Waals surface area (Å²) >= 11 is 0. The van der Waals surface area contributed by atoms with E-state index in [4.69, 9.17) is 4.74 Å². The average molecular weight is 190 g/mol. The number of methoxy groups -OCH3 is 1. The molecule has 0 spiro atoms. The number of hydrogen-bond donors (Lipinski definition) is 0. The summed E-state index contributed by atoms with van der Waals surface area (Å²) < 4.78 is 6.65. The van der Waals surface area contributed by atoms with Gasteiger partial charge in [-0.05, 0) is 28.1 Å². The smallest absolute Gasteiger partial charge is 0.143 e. The van der Waals surface area contributed by atoms with Crippen LogP contribution in [0, 0.1) is 0 Å². The molecule has 0 radical (unpaired) electrons. The van der Waals surface area contributed by atoms with E-state index >= 15 is 0 Å². The Bertz CT molecular complexity index is 399. The van der Waals surface area contributed by atoms with Gasteiger partial charge in [0.05, 0.1) is 12.3 Å². The third-order valence-electron chi connectivity index (χ3n) is 1.84. The fraction of sp³-hybridized carbons (Fsp3) is 0.222. The Kier molecular flexibility index (Phi) is 2.51. The Morgan fingerprint density at radius 3 is 3.07 bits per heavy atom. The van der Waals surface area contributed by atoms with Gasteiger partial charge in [0, 0.05) is 7.11 Å². The molecule has 0 aliphatic rings. The second-order valence-electron chi connectivity index (χ2n) is 2.86. The molecule has 72 valence electrons. The Morgan fingerprint density at radius 2 is 2.36 bits per heavy atom. The van der Waals surface area contributed by atoms with Crippen molar-refractivity contribution in [3.63, 3.8) is 0 Å². The highest BCUT2D eigenvalue weighted by atomic mass is 16.5. The average Bonchev–Trinajstić information content (AvgIpc) is 2.71. The molecule has 1 aromatic carbocycles. The summed E-state index contributed by atoms with van der Waals surface area (Å²) in [6.07, 6.45) is 1.56. The van der Waals surface area contributed by atoms with Crippen LogP contribution in [0.5, 0.6) is 0 Å². The SMILES string of the molecule is COCc1cccc(-n2cnnn2)c1. The lowest BCUT2D eigenvalue weighted by Crippen LogP contribution is -1.96. The number of benzene rings is 1. The molecule has 0 unspecified atom stereocenters. The van der Waals surface area contributed by atoms with Crippen molar-refractivity contribution < 1.29 is 4.74 Å². The number of nitrogens with zero attached hydrogens (tertiary/aromatic N) is 4. The third kappa shape index (κ3) is 1.77. The van der Waals surface area contributed by atoms with Gasteiger partial charge < -0.3 is 4.74 Å². The Hall–Kier alpha value is -1.75. The van der Waals surface area contributed by atoms with Gasteiger partial charge in [0.15, 0.2) is 0 Å². The molecule has 0 N–H and O–H groups in total. The highest BCUT2D eigenvalue weighted by Crippen LogP contribution is 2.09. The third-order valence-corrected chi connectivity index (χ3v) is 1.84. The number of tetrazole rings is 1. The normalized spacial score (nSPS) is 10.4. The van der Waals surface area contributed by atoms with Gasteiger partial charge in [-0.2, -0.15) is 0 Å². The van der Waals surface area contributed by atoms with E-state index in [0.717, 1.165) is 11.3 Å². The minimum atomic E-state index is 0.593. The lowest BCUT2D eigenvalue weighted by molar-refractivity contribution is 0.185. The molecule has 0 saturated heterocycles. The van der Waals surface area contributed by atoms with Gasteiger partial charge in [-0.25, -0.2) is 4.68 Å². The van der Waals surface area contributed by atoms with E-state index in [9.17, 15) is 0 Å². The van der Waals surface area contributed by atoms with Crippen molar-refractivity contribution in [2.24, 2.45) is 0 Å². The zero-order chi connectivity index (χ0) is 9.80. The van der Waals surface area contributed by atoms with Crippen molar-refractivity contribution in [3.05, 3.63) is 36.2 Å². The molecular formula is C9H10N4O. The van der Waals surface area contributed by atoms with E-state index < -0.39 is 0 Å². The number of ether oxygens (including phenoxy) is 1. The lowest BCUT2D eigenvalue weighted by Gasteiger charge is -2.02. The summed E-state index contributed by atoms with van der Waals surface area (Å²) in [7, 11) is 1.67. The maximum absolute atomic E-state index is 5.04. The van der Waals surface area contributed by atoms with Crippen molar-refractivity contribution in [2.75, 3.05) is 7.11 Å². The minimum absolute atomic E-state index is 0.593. The molecule has 0 saturated carbocycles. The first kappa shape index (κ1) is 8.83. The first-order valence-corrected chi connectivity index (χ1v) is 4.21. The second-order valence-corrected chi connectivity index (χ2v) is 2.86. The maximum Gasteiger partial charge on any atom is 0.143 e. The molecule has 1 aromatic heterocycles. The van der Waals surface area contributed by atoms with E-state index in [2.05, 4.69) is 15.5 Å².